The Balaban J connectivity index is 1.29. The van der Waals surface area contributed by atoms with Crippen LogP contribution >= 0.6 is 11.6 Å². The zero-order chi connectivity index (χ0) is 27.1. The van der Waals surface area contributed by atoms with Crippen LogP contribution in [-0.4, -0.2) is 47.1 Å². The summed E-state index contributed by atoms with van der Waals surface area (Å²) in [5, 5.41) is 14.0. The van der Waals surface area contributed by atoms with E-state index in [-0.39, 0.29) is 17.3 Å². The second-order valence-electron chi connectivity index (χ2n) is 8.96. The molecule has 10 nitrogen and oxygen atoms in total. The highest BCUT2D eigenvalue weighted by molar-refractivity contribution is 6.31. The van der Waals surface area contributed by atoms with Gasteiger partial charge in [-0.15, -0.1) is 5.10 Å². The molecule has 0 radical (unpaired) electrons. The molecule has 5 aromatic rings. The molecule has 2 N–H and O–H groups in total. The van der Waals surface area contributed by atoms with Crippen LogP contribution in [0, 0.1) is 0 Å². The quantitative estimate of drug-likeness (QED) is 0.326. The van der Waals surface area contributed by atoms with E-state index in [9.17, 15) is 18.4 Å². The molecule has 0 aliphatic carbocycles. The minimum atomic E-state index is -3.09. The number of aromatic amines is 1. The summed E-state index contributed by atoms with van der Waals surface area (Å²) in [6.45, 7) is 0. The first-order valence-electron chi connectivity index (χ1n) is 11.9. The number of anilines is 1. The average Bonchev–Trinajstić information content (AvgIpc) is 3.70. The highest BCUT2D eigenvalue weighted by atomic mass is 35.5. The molecule has 1 atom stereocenters. The Kier molecular flexibility index (Phi) is 6.23. The van der Waals surface area contributed by atoms with Crippen molar-refractivity contribution in [3.63, 3.8) is 0 Å². The van der Waals surface area contributed by atoms with Gasteiger partial charge in [0, 0.05) is 28.0 Å². The number of nitrogens with zero attached hydrogens (tertiary/aromatic N) is 6. The zero-order valence-electron chi connectivity index (χ0n) is 20.1. The second-order valence-corrected chi connectivity index (χ2v) is 9.40. The molecule has 2 aromatic carbocycles. The number of amides is 1. The van der Waals surface area contributed by atoms with Crippen LogP contribution < -0.4 is 10.9 Å². The van der Waals surface area contributed by atoms with Gasteiger partial charge >= 0.3 is 6.43 Å². The topological polar surface area (TPSA) is 123 Å². The predicted molar refractivity (Wildman–Crippen MR) is 139 cm³/mol. The number of carbonyl (C=O) groups is 1. The minimum Gasteiger partial charge on any atom is -0.340 e. The van der Waals surface area contributed by atoms with Gasteiger partial charge in [0.2, 0.25) is 0 Å². The third kappa shape index (κ3) is 4.70. The molecule has 0 spiro atoms. The van der Waals surface area contributed by atoms with Gasteiger partial charge in [0.15, 0.2) is 0 Å². The van der Waals surface area contributed by atoms with Gasteiger partial charge in [-0.25, -0.2) is 4.98 Å². The third-order valence-electron chi connectivity index (χ3n) is 6.57. The Hall–Kier alpha value is -4.71. The molecule has 13 heteroatoms. The van der Waals surface area contributed by atoms with Crippen LogP contribution in [0.5, 0.6) is 0 Å². The van der Waals surface area contributed by atoms with Crippen molar-refractivity contribution in [2.24, 2.45) is 0 Å². The van der Waals surface area contributed by atoms with E-state index in [1.54, 1.807) is 47.2 Å². The lowest BCUT2D eigenvalue weighted by molar-refractivity contribution is -0.126. The number of H-pyrrole nitrogens is 1. The molecular formula is C26H19ClF2N8O2. The summed E-state index contributed by atoms with van der Waals surface area (Å²) >= 11 is 6.28. The Bertz CT molecular complexity index is 1730. The molecule has 0 unspecified atom stereocenters. The summed E-state index contributed by atoms with van der Waals surface area (Å²) in [5.74, 6) is -0.729. The number of carbonyl (C=O) groups excluding carboxylic acids is 1. The summed E-state index contributed by atoms with van der Waals surface area (Å²) < 4.78 is 28.2. The number of aryl methyl sites for hydroxylation is 1. The Morgan fingerprint density at radius 2 is 1.92 bits per heavy atom. The van der Waals surface area contributed by atoms with Gasteiger partial charge in [0.25, 0.3) is 11.5 Å². The number of alkyl halides is 2. The van der Waals surface area contributed by atoms with Crippen molar-refractivity contribution in [2.45, 2.75) is 25.3 Å². The number of imidazole rings is 1. The number of aromatic nitrogens is 7. The number of benzene rings is 2. The fourth-order valence-corrected chi connectivity index (χ4v) is 4.98. The standard InChI is InChI=1S/C26H19ClF2N8O2/c27-16-3-7-21(36-13-31-34-35-36)19(11-16)15-9-18-6-8-22(37(18)23(38)10-15)25-30-12-20(33-25)14-1-4-17(5-2-14)32-26(39)24(28)29/h1-5,7,9-13,22,24H,6,8H2,(H,30,33)(H,32,39)/t22-/m0/s1. The molecule has 6 rings (SSSR count). The van der Waals surface area contributed by atoms with Crippen molar-refractivity contribution in [1.29, 1.82) is 0 Å². The van der Waals surface area contributed by atoms with Gasteiger partial charge in [0.1, 0.15) is 12.2 Å². The van der Waals surface area contributed by atoms with Crippen molar-refractivity contribution >= 4 is 23.2 Å². The molecule has 196 valence electrons. The van der Waals surface area contributed by atoms with Crippen LogP contribution in [0.4, 0.5) is 14.5 Å². The van der Waals surface area contributed by atoms with Gasteiger partial charge in [0.05, 0.1) is 23.6 Å². The third-order valence-corrected chi connectivity index (χ3v) is 6.81. The van der Waals surface area contributed by atoms with Crippen molar-refractivity contribution in [3.8, 4) is 28.1 Å². The average molecular weight is 549 g/mol. The van der Waals surface area contributed by atoms with E-state index in [1.807, 2.05) is 6.07 Å². The van der Waals surface area contributed by atoms with E-state index >= 15 is 0 Å². The first kappa shape index (κ1) is 24.6. The second kappa shape index (κ2) is 9.87. The van der Waals surface area contributed by atoms with Crippen LogP contribution in [0.2, 0.25) is 5.02 Å². The normalized spacial score (nSPS) is 14.5. The fraction of sp³-hybridized carbons (Fsp3) is 0.154. The van der Waals surface area contributed by atoms with Crippen molar-refractivity contribution < 1.29 is 13.6 Å². The SMILES string of the molecule is O=C(Nc1ccc(-c2cnc([C@@H]3CCc4cc(-c5cc(Cl)ccc5-n5cnnn5)cc(=O)n43)[nH]2)cc1)C(F)F. The largest absolute Gasteiger partial charge is 0.340 e. The summed E-state index contributed by atoms with van der Waals surface area (Å²) in [6, 6.07) is 15.0. The van der Waals surface area contributed by atoms with Crippen molar-refractivity contribution in [3.05, 3.63) is 94.0 Å². The molecule has 0 bridgehead atoms. The maximum absolute atomic E-state index is 13.4. The van der Waals surface area contributed by atoms with E-state index in [0.29, 0.717) is 40.6 Å². The molecule has 0 saturated carbocycles. The van der Waals surface area contributed by atoms with Gasteiger partial charge < -0.3 is 14.9 Å². The monoisotopic (exact) mass is 548 g/mol. The maximum atomic E-state index is 13.4. The highest BCUT2D eigenvalue weighted by Crippen LogP contribution is 2.34. The maximum Gasteiger partial charge on any atom is 0.315 e. The van der Waals surface area contributed by atoms with Crippen LogP contribution in [0.3, 0.4) is 0 Å². The fourth-order valence-electron chi connectivity index (χ4n) is 4.80. The van der Waals surface area contributed by atoms with E-state index in [1.165, 1.54) is 23.1 Å². The summed E-state index contributed by atoms with van der Waals surface area (Å²) in [5.41, 5.74) is 4.52. The molecule has 4 heterocycles. The van der Waals surface area contributed by atoms with Crippen molar-refractivity contribution in [1.82, 2.24) is 34.7 Å². The smallest absolute Gasteiger partial charge is 0.315 e. The lowest BCUT2D eigenvalue weighted by atomic mass is 10.0. The zero-order valence-corrected chi connectivity index (χ0v) is 20.8. The number of hydrogen-bond acceptors (Lipinski definition) is 6. The highest BCUT2D eigenvalue weighted by Gasteiger charge is 2.28. The Morgan fingerprint density at radius 3 is 2.67 bits per heavy atom. The number of tetrazole rings is 1. The molecular weight excluding hydrogens is 530 g/mol. The molecule has 1 aliphatic heterocycles. The van der Waals surface area contributed by atoms with Gasteiger partial charge in [-0.1, -0.05) is 23.7 Å². The van der Waals surface area contributed by atoms with Crippen LogP contribution in [0.15, 0.2) is 71.9 Å². The minimum absolute atomic E-state index is 0.176. The number of rotatable bonds is 6. The summed E-state index contributed by atoms with van der Waals surface area (Å²) in [4.78, 5) is 32.4. The molecule has 1 amide bonds. The van der Waals surface area contributed by atoms with Gasteiger partial charge in [-0.05, 0) is 70.8 Å². The van der Waals surface area contributed by atoms with E-state index in [0.717, 1.165) is 16.8 Å². The van der Waals surface area contributed by atoms with Gasteiger partial charge in [-0.3, -0.25) is 9.59 Å². The number of pyridine rings is 1. The molecule has 1 aliphatic rings. The Labute approximate surface area is 224 Å². The van der Waals surface area contributed by atoms with E-state index in [2.05, 4.69) is 30.8 Å². The van der Waals surface area contributed by atoms with E-state index < -0.39 is 12.3 Å². The van der Waals surface area contributed by atoms with E-state index in [4.69, 9.17) is 11.6 Å². The predicted octanol–water partition coefficient (Wildman–Crippen LogP) is 4.27. The number of hydrogen-bond donors (Lipinski definition) is 2. The van der Waals surface area contributed by atoms with Crippen LogP contribution in [0.25, 0.3) is 28.1 Å². The molecule has 0 fully saturated rings. The lowest BCUT2D eigenvalue weighted by Gasteiger charge is -2.15. The summed E-state index contributed by atoms with van der Waals surface area (Å²) in [6.07, 6.45) is 1.39. The number of nitrogens with one attached hydrogen (secondary N) is 2. The first-order valence-corrected chi connectivity index (χ1v) is 12.3. The van der Waals surface area contributed by atoms with Gasteiger partial charge in [-0.2, -0.15) is 13.5 Å². The molecule has 39 heavy (non-hydrogen) atoms. The number of halogens is 3. The summed E-state index contributed by atoms with van der Waals surface area (Å²) in [7, 11) is 0. The number of fused-ring (bicyclic) bond motifs is 1. The lowest BCUT2D eigenvalue weighted by Crippen LogP contribution is -2.23. The Morgan fingerprint density at radius 1 is 1.10 bits per heavy atom. The molecule has 0 saturated heterocycles. The van der Waals surface area contributed by atoms with Crippen LogP contribution in [0.1, 0.15) is 24.0 Å². The first-order chi connectivity index (χ1) is 18.9. The van der Waals surface area contributed by atoms with Crippen LogP contribution in [-0.2, 0) is 11.2 Å². The van der Waals surface area contributed by atoms with Crippen molar-refractivity contribution in [2.75, 3.05) is 5.32 Å². The molecule has 3 aromatic heterocycles.